The van der Waals surface area contributed by atoms with Crippen molar-refractivity contribution in [2.75, 3.05) is 20.3 Å². The summed E-state index contributed by atoms with van der Waals surface area (Å²) in [4.78, 5) is 7.11. The van der Waals surface area contributed by atoms with E-state index in [0.29, 0.717) is 13.2 Å². The molecule has 0 spiro atoms. The van der Waals surface area contributed by atoms with Crippen LogP contribution in [0.2, 0.25) is 0 Å². The number of hydrogen-bond donors (Lipinski definition) is 1. The summed E-state index contributed by atoms with van der Waals surface area (Å²) in [5, 5.41) is 3.25. The quantitative estimate of drug-likeness (QED) is 0.656. The van der Waals surface area contributed by atoms with Crippen molar-refractivity contribution in [1.29, 1.82) is 0 Å². The Morgan fingerprint density at radius 3 is 3.14 bits per heavy atom. The van der Waals surface area contributed by atoms with E-state index in [0.717, 1.165) is 18.2 Å². The van der Waals surface area contributed by atoms with Gasteiger partial charge >= 0.3 is 0 Å². The normalized spacial score (nSPS) is 14.9. The van der Waals surface area contributed by atoms with E-state index in [-0.39, 0.29) is 0 Å². The Bertz CT molecular complexity index is 553. The van der Waals surface area contributed by atoms with Crippen LogP contribution in [0.1, 0.15) is 35.6 Å². The van der Waals surface area contributed by atoms with Crippen LogP contribution in [0, 0.1) is 0 Å². The molecular formula is C16H22N2O2S. The summed E-state index contributed by atoms with van der Waals surface area (Å²) in [6, 6.07) is 2.30. The molecule has 0 atom stereocenters. The van der Waals surface area contributed by atoms with Crippen LogP contribution in [0.5, 0.6) is 0 Å². The van der Waals surface area contributed by atoms with Crippen molar-refractivity contribution >= 4 is 11.3 Å². The maximum atomic E-state index is 5.85. The van der Waals surface area contributed by atoms with Crippen molar-refractivity contribution in [1.82, 2.24) is 10.3 Å². The zero-order valence-corrected chi connectivity index (χ0v) is 13.3. The van der Waals surface area contributed by atoms with E-state index < -0.39 is 0 Å². The number of hydrogen-bond acceptors (Lipinski definition) is 5. The van der Waals surface area contributed by atoms with Crippen molar-refractivity contribution in [3.8, 4) is 10.6 Å². The molecule has 0 aliphatic heterocycles. The molecule has 1 aliphatic carbocycles. The molecule has 5 heteroatoms. The molecule has 1 aliphatic rings. The van der Waals surface area contributed by atoms with Crippen molar-refractivity contribution < 1.29 is 9.15 Å². The highest BCUT2D eigenvalue weighted by molar-refractivity contribution is 7.15. The second-order valence-electron chi connectivity index (χ2n) is 5.41. The summed E-state index contributed by atoms with van der Waals surface area (Å²) in [6.07, 6.45) is 8.27. The molecule has 0 amide bonds. The first-order valence-corrected chi connectivity index (χ1v) is 8.45. The van der Waals surface area contributed by atoms with Crippen LogP contribution in [0.25, 0.3) is 10.6 Å². The topological polar surface area (TPSA) is 47.3 Å². The summed E-state index contributed by atoms with van der Waals surface area (Å²) in [5.41, 5.74) is 1.52. The van der Waals surface area contributed by atoms with Crippen LogP contribution < -0.4 is 5.32 Å². The fourth-order valence-electron chi connectivity index (χ4n) is 2.66. The van der Waals surface area contributed by atoms with E-state index in [4.69, 9.17) is 9.15 Å². The first-order valence-electron chi connectivity index (χ1n) is 7.63. The molecule has 1 N–H and O–H groups in total. The SMILES string of the molecule is COCCNCc1ncc(-c2cc3c(s2)CCCCC3)o1. The molecule has 21 heavy (non-hydrogen) atoms. The van der Waals surface area contributed by atoms with E-state index in [9.17, 15) is 0 Å². The number of ether oxygens (including phenoxy) is 1. The van der Waals surface area contributed by atoms with Gasteiger partial charge in [-0.2, -0.15) is 0 Å². The minimum absolute atomic E-state index is 0.647. The minimum Gasteiger partial charge on any atom is -0.438 e. The van der Waals surface area contributed by atoms with Crippen molar-refractivity contribution in [2.24, 2.45) is 0 Å². The van der Waals surface area contributed by atoms with E-state index in [1.54, 1.807) is 12.0 Å². The molecule has 0 aromatic carbocycles. The predicted octanol–water partition coefficient (Wildman–Crippen LogP) is 3.41. The summed E-state index contributed by atoms with van der Waals surface area (Å²) >= 11 is 1.87. The third-order valence-electron chi connectivity index (χ3n) is 3.80. The molecular weight excluding hydrogens is 284 g/mol. The molecule has 0 fully saturated rings. The second kappa shape index (κ2) is 7.20. The lowest BCUT2D eigenvalue weighted by Gasteiger charge is -1.99. The Balaban J connectivity index is 1.65. The Kier molecular flexibility index (Phi) is 5.06. The Morgan fingerprint density at radius 1 is 1.33 bits per heavy atom. The zero-order valence-electron chi connectivity index (χ0n) is 12.5. The van der Waals surface area contributed by atoms with Gasteiger partial charge in [-0.25, -0.2) is 4.98 Å². The molecule has 0 saturated carbocycles. The number of fused-ring (bicyclic) bond motifs is 1. The van der Waals surface area contributed by atoms with Crippen LogP contribution in [-0.2, 0) is 24.1 Å². The summed E-state index contributed by atoms with van der Waals surface area (Å²) in [6.45, 7) is 2.15. The number of aromatic nitrogens is 1. The molecule has 4 nitrogen and oxygen atoms in total. The highest BCUT2D eigenvalue weighted by Crippen LogP contribution is 2.35. The number of thiophene rings is 1. The Morgan fingerprint density at radius 2 is 2.24 bits per heavy atom. The molecule has 2 heterocycles. The summed E-state index contributed by atoms with van der Waals surface area (Å²) in [7, 11) is 1.70. The molecule has 0 saturated heterocycles. The maximum Gasteiger partial charge on any atom is 0.208 e. The van der Waals surface area contributed by atoms with Crippen molar-refractivity contribution in [3.05, 3.63) is 28.6 Å². The van der Waals surface area contributed by atoms with Gasteiger partial charge in [-0.3, -0.25) is 0 Å². The standard InChI is InChI=1S/C16H22N2O2S/c1-19-8-7-17-11-16-18-10-13(20-16)15-9-12-5-3-2-4-6-14(12)21-15/h9-10,17H,2-8,11H2,1H3. The Hall–Kier alpha value is -1.17. The minimum atomic E-state index is 0.647. The number of methoxy groups -OCH3 is 1. The molecule has 114 valence electrons. The molecule has 0 bridgehead atoms. The maximum absolute atomic E-state index is 5.85. The van der Waals surface area contributed by atoms with Crippen LogP contribution in [0.3, 0.4) is 0 Å². The highest BCUT2D eigenvalue weighted by Gasteiger charge is 2.15. The van der Waals surface area contributed by atoms with Crippen LogP contribution in [0.4, 0.5) is 0 Å². The average molecular weight is 306 g/mol. The van der Waals surface area contributed by atoms with Gasteiger partial charge in [0.1, 0.15) is 0 Å². The van der Waals surface area contributed by atoms with Gasteiger partial charge in [0.05, 0.1) is 24.2 Å². The van der Waals surface area contributed by atoms with Gasteiger partial charge in [-0.05, 0) is 37.3 Å². The number of nitrogens with one attached hydrogen (secondary N) is 1. The smallest absolute Gasteiger partial charge is 0.208 e. The van der Waals surface area contributed by atoms with E-state index in [1.807, 2.05) is 17.5 Å². The fraction of sp³-hybridized carbons (Fsp3) is 0.562. The first-order chi connectivity index (χ1) is 10.4. The lowest BCUT2D eigenvalue weighted by atomic mass is 10.1. The lowest BCUT2D eigenvalue weighted by molar-refractivity contribution is 0.198. The second-order valence-corrected chi connectivity index (χ2v) is 6.54. The van der Waals surface area contributed by atoms with Crippen LogP contribution in [-0.4, -0.2) is 25.2 Å². The molecule has 0 unspecified atom stereocenters. The lowest BCUT2D eigenvalue weighted by Crippen LogP contribution is -2.18. The average Bonchev–Trinajstić information content (AvgIpc) is 3.06. The van der Waals surface area contributed by atoms with Gasteiger partial charge in [0, 0.05) is 18.5 Å². The third kappa shape index (κ3) is 3.73. The van der Waals surface area contributed by atoms with E-state index in [2.05, 4.69) is 16.4 Å². The number of rotatable bonds is 6. The fourth-order valence-corrected chi connectivity index (χ4v) is 3.86. The zero-order chi connectivity index (χ0) is 14.5. The predicted molar refractivity (Wildman–Crippen MR) is 84.7 cm³/mol. The van der Waals surface area contributed by atoms with Gasteiger partial charge in [-0.15, -0.1) is 11.3 Å². The van der Waals surface area contributed by atoms with Gasteiger partial charge in [0.25, 0.3) is 0 Å². The van der Waals surface area contributed by atoms with Crippen molar-refractivity contribution in [3.63, 3.8) is 0 Å². The summed E-state index contributed by atoms with van der Waals surface area (Å²) < 4.78 is 10.9. The van der Waals surface area contributed by atoms with E-state index in [1.165, 1.54) is 42.5 Å². The highest BCUT2D eigenvalue weighted by atomic mass is 32.1. The third-order valence-corrected chi connectivity index (χ3v) is 5.05. The molecule has 2 aromatic heterocycles. The van der Waals surface area contributed by atoms with Crippen molar-refractivity contribution in [2.45, 2.75) is 38.6 Å². The van der Waals surface area contributed by atoms with Gasteiger partial charge < -0.3 is 14.5 Å². The molecule has 0 radical (unpaired) electrons. The number of aryl methyl sites for hydroxylation is 2. The van der Waals surface area contributed by atoms with Gasteiger partial charge in [0.15, 0.2) is 5.76 Å². The summed E-state index contributed by atoms with van der Waals surface area (Å²) in [5.74, 6) is 1.64. The van der Waals surface area contributed by atoms with Gasteiger partial charge in [0.2, 0.25) is 5.89 Å². The van der Waals surface area contributed by atoms with Gasteiger partial charge in [-0.1, -0.05) is 6.42 Å². The number of oxazole rings is 1. The molecule has 3 rings (SSSR count). The molecule has 2 aromatic rings. The van der Waals surface area contributed by atoms with E-state index >= 15 is 0 Å². The number of nitrogens with zero attached hydrogens (tertiary/aromatic N) is 1. The van der Waals surface area contributed by atoms with Crippen LogP contribution in [0.15, 0.2) is 16.7 Å². The first kappa shape index (κ1) is 14.8. The van der Waals surface area contributed by atoms with Crippen LogP contribution >= 0.6 is 11.3 Å². The Labute approximate surface area is 129 Å². The monoisotopic (exact) mass is 306 g/mol. The largest absolute Gasteiger partial charge is 0.438 e.